The number of methoxy groups -OCH3 is 1. The fourth-order valence-corrected chi connectivity index (χ4v) is 2.85. The molecule has 0 spiro atoms. The third-order valence-electron chi connectivity index (χ3n) is 3.85. The molecule has 1 aromatic heterocycles. The van der Waals surface area contributed by atoms with E-state index in [4.69, 9.17) is 10.00 Å². The van der Waals surface area contributed by atoms with Crippen molar-refractivity contribution in [3.8, 4) is 11.8 Å². The van der Waals surface area contributed by atoms with Crippen molar-refractivity contribution in [3.63, 3.8) is 0 Å². The molecule has 0 amide bonds. The van der Waals surface area contributed by atoms with Gasteiger partial charge in [-0.05, 0) is 18.1 Å². The smallest absolute Gasteiger partial charge is 0.183 e. The number of nitrogens with zero attached hydrogens (tertiary/aromatic N) is 4. The molecule has 1 aromatic carbocycles. The highest BCUT2D eigenvalue weighted by atomic mass is 16.5. The Kier molecular flexibility index (Phi) is 3.69. The molecule has 0 N–H and O–H groups in total. The first-order valence-electron chi connectivity index (χ1n) is 6.92. The Morgan fingerprint density at radius 2 is 2.10 bits per heavy atom. The predicted octanol–water partition coefficient (Wildman–Crippen LogP) is 2.35. The summed E-state index contributed by atoms with van der Waals surface area (Å²) in [6.45, 7) is 1.70. The second-order valence-electron chi connectivity index (χ2n) is 5.01. The number of hydrogen-bond donors (Lipinski definition) is 0. The summed E-state index contributed by atoms with van der Waals surface area (Å²) in [6.07, 6.45) is 4.20. The van der Waals surface area contributed by atoms with Gasteiger partial charge < -0.3 is 9.64 Å². The molecule has 0 bridgehead atoms. The lowest BCUT2D eigenvalue weighted by Crippen LogP contribution is -2.22. The number of aromatic nitrogens is 2. The van der Waals surface area contributed by atoms with Crippen LogP contribution in [-0.2, 0) is 0 Å². The third kappa shape index (κ3) is 2.52. The van der Waals surface area contributed by atoms with Crippen LogP contribution in [-0.4, -0.2) is 30.2 Å². The van der Waals surface area contributed by atoms with Crippen molar-refractivity contribution in [2.75, 3.05) is 25.1 Å². The first-order chi connectivity index (χ1) is 10.3. The second-order valence-corrected chi connectivity index (χ2v) is 5.01. The summed E-state index contributed by atoms with van der Waals surface area (Å²) >= 11 is 0. The van der Waals surface area contributed by atoms with E-state index in [-0.39, 0.29) is 0 Å². The van der Waals surface area contributed by atoms with Crippen LogP contribution in [0.15, 0.2) is 36.7 Å². The van der Waals surface area contributed by atoms with E-state index in [9.17, 15) is 0 Å². The van der Waals surface area contributed by atoms with E-state index in [1.807, 2.05) is 18.2 Å². The summed E-state index contributed by atoms with van der Waals surface area (Å²) in [4.78, 5) is 10.5. The van der Waals surface area contributed by atoms with Gasteiger partial charge in [-0.3, -0.25) is 0 Å². The maximum absolute atomic E-state index is 9.14. The zero-order valence-electron chi connectivity index (χ0n) is 11.9. The van der Waals surface area contributed by atoms with Crippen LogP contribution in [0.4, 0.5) is 5.82 Å². The summed E-state index contributed by atoms with van der Waals surface area (Å²) < 4.78 is 5.44. The zero-order valence-corrected chi connectivity index (χ0v) is 11.9. The molecule has 0 aliphatic carbocycles. The normalized spacial score (nSPS) is 17.5. The average molecular weight is 280 g/mol. The Morgan fingerprint density at radius 1 is 1.29 bits per heavy atom. The number of nitriles is 1. The Hall–Kier alpha value is -2.61. The summed E-state index contributed by atoms with van der Waals surface area (Å²) in [7, 11) is 1.70. The van der Waals surface area contributed by atoms with E-state index in [1.54, 1.807) is 19.5 Å². The van der Waals surface area contributed by atoms with E-state index >= 15 is 0 Å². The molecule has 21 heavy (non-hydrogen) atoms. The molecule has 2 aromatic rings. The quantitative estimate of drug-likeness (QED) is 0.863. The van der Waals surface area contributed by atoms with Gasteiger partial charge in [0, 0.05) is 31.4 Å². The Labute approximate surface area is 123 Å². The van der Waals surface area contributed by atoms with Gasteiger partial charge in [-0.15, -0.1) is 0 Å². The highest BCUT2D eigenvalue weighted by Crippen LogP contribution is 2.35. The molecule has 1 fully saturated rings. The maximum atomic E-state index is 9.14. The van der Waals surface area contributed by atoms with Crippen LogP contribution in [0.5, 0.6) is 5.75 Å². The molecular weight excluding hydrogens is 264 g/mol. The second kappa shape index (κ2) is 5.80. The molecule has 5 nitrogen and oxygen atoms in total. The average Bonchev–Trinajstić information content (AvgIpc) is 3.04. The first-order valence-corrected chi connectivity index (χ1v) is 6.92. The van der Waals surface area contributed by atoms with Crippen LogP contribution < -0.4 is 9.64 Å². The van der Waals surface area contributed by atoms with Gasteiger partial charge in [-0.1, -0.05) is 18.2 Å². The van der Waals surface area contributed by atoms with Crippen LogP contribution in [0.1, 0.15) is 23.6 Å². The van der Waals surface area contributed by atoms with Gasteiger partial charge in [0.15, 0.2) is 11.5 Å². The van der Waals surface area contributed by atoms with Crippen LogP contribution >= 0.6 is 0 Å². The van der Waals surface area contributed by atoms with Crippen molar-refractivity contribution >= 4 is 5.82 Å². The van der Waals surface area contributed by atoms with Gasteiger partial charge in [0.1, 0.15) is 11.8 Å². The van der Waals surface area contributed by atoms with E-state index in [2.05, 4.69) is 27.0 Å². The minimum absolute atomic E-state index is 0.384. The molecule has 0 radical (unpaired) electrons. The number of rotatable bonds is 3. The van der Waals surface area contributed by atoms with Crippen LogP contribution in [0.3, 0.4) is 0 Å². The number of benzene rings is 1. The van der Waals surface area contributed by atoms with Gasteiger partial charge in [0.25, 0.3) is 0 Å². The van der Waals surface area contributed by atoms with E-state index < -0.39 is 0 Å². The topological polar surface area (TPSA) is 62.0 Å². The molecule has 2 heterocycles. The molecule has 1 aliphatic heterocycles. The summed E-state index contributed by atoms with van der Waals surface area (Å²) in [5, 5.41) is 9.14. The lowest BCUT2D eigenvalue weighted by molar-refractivity contribution is 0.406. The van der Waals surface area contributed by atoms with Crippen molar-refractivity contribution in [2.45, 2.75) is 12.3 Å². The Balaban J connectivity index is 1.84. The highest BCUT2D eigenvalue weighted by molar-refractivity contribution is 5.51. The minimum Gasteiger partial charge on any atom is -0.496 e. The molecule has 1 unspecified atom stereocenters. The minimum atomic E-state index is 0.384. The Bertz CT molecular complexity index is 680. The van der Waals surface area contributed by atoms with Gasteiger partial charge in [-0.25, -0.2) is 9.97 Å². The molecule has 1 saturated heterocycles. The van der Waals surface area contributed by atoms with Crippen molar-refractivity contribution in [1.29, 1.82) is 5.26 Å². The number of hydrogen-bond acceptors (Lipinski definition) is 5. The lowest BCUT2D eigenvalue weighted by Gasteiger charge is -2.18. The fraction of sp³-hybridized carbons (Fsp3) is 0.312. The molecule has 5 heteroatoms. The van der Waals surface area contributed by atoms with Gasteiger partial charge in [-0.2, -0.15) is 5.26 Å². The SMILES string of the molecule is COc1ccccc1C1CCN(c2nccnc2C#N)C1. The lowest BCUT2D eigenvalue weighted by atomic mass is 9.97. The number of para-hydroxylation sites is 1. The summed E-state index contributed by atoms with van der Waals surface area (Å²) in [6, 6.07) is 10.2. The largest absolute Gasteiger partial charge is 0.496 e. The fourth-order valence-electron chi connectivity index (χ4n) is 2.85. The van der Waals surface area contributed by atoms with Crippen molar-refractivity contribution in [3.05, 3.63) is 47.9 Å². The molecule has 1 atom stereocenters. The molecule has 106 valence electrons. The van der Waals surface area contributed by atoms with Gasteiger partial charge in [0.05, 0.1) is 7.11 Å². The summed E-state index contributed by atoms with van der Waals surface area (Å²) in [5.74, 6) is 1.98. The maximum Gasteiger partial charge on any atom is 0.183 e. The Morgan fingerprint density at radius 3 is 2.90 bits per heavy atom. The van der Waals surface area contributed by atoms with Crippen molar-refractivity contribution in [1.82, 2.24) is 9.97 Å². The van der Waals surface area contributed by atoms with Gasteiger partial charge in [0.2, 0.25) is 0 Å². The zero-order chi connectivity index (χ0) is 14.7. The number of ether oxygens (including phenoxy) is 1. The summed E-state index contributed by atoms with van der Waals surface area (Å²) in [5.41, 5.74) is 1.60. The van der Waals surface area contributed by atoms with Crippen molar-refractivity contribution in [2.24, 2.45) is 0 Å². The number of anilines is 1. The first kappa shape index (κ1) is 13.4. The molecule has 0 saturated carbocycles. The molecule has 3 rings (SSSR count). The monoisotopic (exact) mass is 280 g/mol. The van der Waals surface area contributed by atoms with E-state index in [0.717, 1.165) is 25.3 Å². The van der Waals surface area contributed by atoms with Crippen LogP contribution in [0.2, 0.25) is 0 Å². The molecule has 1 aliphatic rings. The van der Waals surface area contributed by atoms with Crippen molar-refractivity contribution < 1.29 is 4.74 Å². The third-order valence-corrected chi connectivity index (χ3v) is 3.85. The standard InChI is InChI=1S/C16H16N4O/c1-21-15-5-3-2-4-13(15)12-6-9-20(11-12)16-14(10-17)18-7-8-19-16/h2-5,7-8,12H,6,9,11H2,1H3. The van der Waals surface area contributed by atoms with Crippen LogP contribution in [0.25, 0.3) is 0 Å². The van der Waals surface area contributed by atoms with Gasteiger partial charge >= 0.3 is 0 Å². The highest BCUT2D eigenvalue weighted by Gasteiger charge is 2.28. The van der Waals surface area contributed by atoms with E-state index in [1.165, 1.54) is 5.56 Å². The predicted molar refractivity (Wildman–Crippen MR) is 79.3 cm³/mol. The van der Waals surface area contributed by atoms with E-state index in [0.29, 0.717) is 17.4 Å². The van der Waals surface area contributed by atoms with Crippen LogP contribution in [0, 0.1) is 11.3 Å². The molecular formula is C16H16N4O.